The SMILES string of the molecule is Nc1nc(OC[C@H](O)c2ccccc2)nc2c1ncn2[C@@H]1O[C@H](CO)C(O)C1O. The van der Waals surface area contributed by atoms with Gasteiger partial charge >= 0.3 is 6.01 Å². The number of ether oxygens (including phenoxy) is 2. The van der Waals surface area contributed by atoms with E-state index in [-0.39, 0.29) is 29.6 Å². The number of nitrogens with two attached hydrogens (primary N) is 1. The van der Waals surface area contributed by atoms with Crippen LogP contribution in [-0.2, 0) is 4.74 Å². The largest absolute Gasteiger partial charge is 0.460 e. The van der Waals surface area contributed by atoms with Crippen molar-refractivity contribution >= 4 is 17.0 Å². The van der Waals surface area contributed by atoms with E-state index in [0.29, 0.717) is 5.56 Å². The molecule has 1 aliphatic heterocycles. The molecule has 11 heteroatoms. The Kier molecular flexibility index (Phi) is 5.30. The van der Waals surface area contributed by atoms with E-state index < -0.39 is 37.3 Å². The number of aliphatic hydroxyl groups is 4. The predicted molar refractivity (Wildman–Crippen MR) is 99.6 cm³/mol. The van der Waals surface area contributed by atoms with Crippen LogP contribution in [0.5, 0.6) is 6.01 Å². The summed E-state index contributed by atoms with van der Waals surface area (Å²) in [5, 5.41) is 39.8. The standard InChI is InChI=1S/C18H21N5O6/c19-15-12-16(23(8-20-12)17-14(27)13(26)11(6-24)29-17)22-18(21-15)28-7-10(25)9-4-2-1-3-5-9/h1-5,8,10-11,13-14,17,24-27H,6-7H2,(H2,19,21,22)/t10-,11+,13?,14?,17+/m0/s1. The van der Waals surface area contributed by atoms with Crippen molar-refractivity contribution in [2.75, 3.05) is 18.9 Å². The van der Waals surface area contributed by atoms with Gasteiger partial charge in [-0.25, -0.2) is 4.98 Å². The topological polar surface area (TPSA) is 169 Å². The predicted octanol–water partition coefficient (Wildman–Crippen LogP) is -0.868. The third kappa shape index (κ3) is 3.61. The zero-order valence-corrected chi connectivity index (χ0v) is 15.2. The Labute approximate surface area is 165 Å². The lowest BCUT2D eigenvalue weighted by Crippen LogP contribution is -2.33. The molecule has 1 aromatic carbocycles. The maximum atomic E-state index is 10.3. The van der Waals surface area contributed by atoms with Crippen molar-refractivity contribution in [2.24, 2.45) is 0 Å². The Morgan fingerprint density at radius 1 is 1.17 bits per heavy atom. The first-order chi connectivity index (χ1) is 14.0. The van der Waals surface area contributed by atoms with Crippen molar-refractivity contribution in [3.63, 3.8) is 0 Å². The number of rotatable bonds is 6. The third-order valence-electron chi connectivity index (χ3n) is 4.77. The van der Waals surface area contributed by atoms with Gasteiger partial charge in [0.15, 0.2) is 23.2 Å². The summed E-state index contributed by atoms with van der Waals surface area (Å²) in [7, 11) is 0. The molecular weight excluding hydrogens is 382 g/mol. The number of nitrogens with zero attached hydrogens (tertiary/aromatic N) is 4. The lowest BCUT2D eigenvalue weighted by Gasteiger charge is -2.17. The van der Waals surface area contributed by atoms with Crippen molar-refractivity contribution < 1.29 is 29.9 Å². The third-order valence-corrected chi connectivity index (χ3v) is 4.77. The molecule has 5 atom stereocenters. The van der Waals surface area contributed by atoms with Crippen LogP contribution in [0.15, 0.2) is 36.7 Å². The van der Waals surface area contributed by atoms with Gasteiger partial charge in [0.25, 0.3) is 0 Å². The number of hydrogen-bond donors (Lipinski definition) is 5. The second-order valence-corrected chi connectivity index (χ2v) is 6.68. The molecule has 2 aromatic heterocycles. The van der Waals surface area contributed by atoms with Crippen LogP contribution >= 0.6 is 0 Å². The molecule has 0 radical (unpaired) electrons. The van der Waals surface area contributed by atoms with Crippen LogP contribution in [0.1, 0.15) is 17.9 Å². The molecule has 1 saturated heterocycles. The van der Waals surface area contributed by atoms with Crippen molar-refractivity contribution in [1.82, 2.24) is 19.5 Å². The van der Waals surface area contributed by atoms with Gasteiger partial charge in [-0.2, -0.15) is 9.97 Å². The minimum Gasteiger partial charge on any atom is -0.460 e. The summed E-state index contributed by atoms with van der Waals surface area (Å²) in [5.41, 5.74) is 7.10. The van der Waals surface area contributed by atoms with E-state index in [4.69, 9.17) is 15.2 Å². The summed E-state index contributed by atoms with van der Waals surface area (Å²) < 4.78 is 12.4. The number of nitrogen functional groups attached to an aromatic ring is 1. The second-order valence-electron chi connectivity index (χ2n) is 6.68. The molecule has 1 aliphatic rings. The Bertz CT molecular complexity index is 984. The molecule has 0 spiro atoms. The van der Waals surface area contributed by atoms with Gasteiger partial charge in [0, 0.05) is 0 Å². The maximum absolute atomic E-state index is 10.3. The molecule has 3 heterocycles. The van der Waals surface area contributed by atoms with Crippen LogP contribution in [0.3, 0.4) is 0 Å². The van der Waals surface area contributed by atoms with Gasteiger partial charge in [-0.05, 0) is 5.56 Å². The number of anilines is 1. The summed E-state index contributed by atoms with van der Waals surface area (Å²) in [4.78, 5) is 12.4. The second kappa shape index (κ2) is 7.89. The lowest BCUT2D eigenvalue weighted by atomic mass is 10.1. The normalized spacial score (nSPS) is 25.4. The minimum absolute atomic E-state index is 0.0460. The molecule has 2 unspecified atom stereocenters. The number of hydrogen-bond acceptors (Lipinski definition) is 10. The molecule has 4 rings (SSSR count). The molecule has 6 N–H and O–H groups in total. The summed E-state index contributed by atoms with van der Waals surface area (Å²) in [6.45, 7) is -0.554. The molecule has 1 fully saturated rings. The zero-order chi connectivity index (χ0) is 20.5. The van der Waals surface area contributed by atoms with Gasteiger partial charge < -0.3 is 35.6 Å². The Balaban J connectivity index is 1.59. The quantitative estimate of drug-likeness (QED) is 0.349. The van der Waals surface area contributed by atoms with Crippen LogP contribution in [0.2, 0.25) is 0 Å². The summed E-state index contributed by atoms with van der Waals surface area (Å²) in [5.74, 6) is 0.0460. The van der Waals surface area contributed by atoms with E-state index in [1.54, 1.807) is 24.3 Å². The number of aromatic nitrogens is 4. The van der Waals surface area contributed by atoms with Crippen molar-refractivity contribution in [3.05, 3.63) is 42.2 Å². The first-order valence-electron chi connectivity index (χ1n) is 8.98. The highest BCUT2D eigenvalue weighted by Gasteiger charge is 2.44. The smallest absolute Gasteiger partial charge is 0.320 e. The first kappa shape index (κ1) is 19.5. The van der Waals surface area contributed by atoms with E-state index in [1.807, 2.05) is 6.07 Å². The average Bonchev–Trinajstić information content (AvgIpc) is 3.28. The van der Waals surface area contributed by atoms with Gasteiger partial charge in [0.2, 0.25) is 0 Å². The van der Waals surface area contributed by atoms with E-state index in [1.165, 1.54) is 10.9 Å². The highest BCUT2D eigenvalue weighted by atomic mass is 16.6. The van der Waals surface area contributed by atoms with Crippen LogP contribution in [0.4, 0.5) is 5.82 Å². The lowest BCUT2D eigenvalue weighted by molar-refractivity contribution is -0.0511. The zero-order valence-electron chi connectivity index (χ0n) is 15.2. The molecule has 0 saturated carbocycles. The van der Waals surface area contributed by atoms with Gasteiger partial charge in [0.05, 0.1) is 12.9 Å². The van der Waals surface area contributed by atoms with Gasteiger partial charge in [-0.1, -0.05) is 30.3 Å². The molecular formula is C18H21N5O6. The van der Waals surface area contributed by atoms with Crippen molar-refractivity contribution in [3.8, 4) is 6.01 Å². The molecule has 154 valence electrons. The molecule has 11 nitrogen and oxygen atoms in total. The van der Waals surface area contributed by atoms with Crippen LogP contribution in [0, 0.1) is 0 Å². The highest BCUT2D eigenvalue weighted by molar-refractivity contribution is 5.82. The molecule has 29 heavy (non-hydrogen) atoms. The van der Waals surface area contributed by atoms with Gasteiger partial charge in [-0.3, -0.25) is 4.57 Å². The molecule has 3 aromatic rings. The number of aliphatic hydroxyl groups excluding tert-OH is 4. The number of imidazole rings is 1. The fourth-order valence-corrected chi connectivity index (χ4v) is 3.20. The average molecular weight is 403 g/mol. The maximum Gasteiger partial charge on any atom is 0.320 e. The van der Waals surface area contributed by atoms with E-state index in [0.717, 1.165) is 0 Å². The van der Waals surface area contributed by atoms with E-state index in [2.05, 4.69) is 15.0 Å². The minimum atomic E-state index is -1.30. The van der Waals surface area contributed by atoms with Crippen LogP contribution < -0.4 is 10.5 Å². The van der Waals surface area contributed by atoms with Crippen molar-refractivity contribution in [1.29, 1.82) is 0 Å². The van der Waals surface area contributed by atoms with Crippen molar-refractivity contribution in [2.45, 2.75) is 30.6 Å². The Morgan fingerprint density at radius 2 is 1.93 bits per heavy atom. The van der Waals surface area contributed by atoms with Gasteiger partial charge in [-0.15, -0.1) is 0 Å². The molecule has 0 bridgehead atoms. The number of fused-ring (bicyclic) bond motifs is 1. The van der Waals surface area contributed by atoms with E-state index in [9.17, 15) is 20.4 Å². The Hall–Kier alpha value is -2.83. The summed E-state index contributed by atoms with van der Waals surface area (Å²) in [6.07, 6.45) is -4.07. The first-order valence-corrected chi connectivity index (χ1v) is 8.98. The Morgan fingerprint density at radius 3 is 2.62 bits per heavy atom. The van der Waals surface area contributed by atoms with E-state index >= 15 is 0 Å². The fourth-order valence-electron chi connectivity index (χ4n) is 3.20. The summed E-state index contributed by atoms with van der Waals surface area (Å²) in [6, 6.07) is 8.90. The molecule has 0 amide bonds. The van der Waals surface area contributed by atoms with Gasteiger partial charge in [0.1, 0.15) is 31.0 Å². The van der Waals surface area contributed by atoms with Crippen LogP contribution in [0.25, 0.3) is 11.2 Å². The summed E-state index contributed by atoms with van der Waals surface area (Å²) >= 11 is 0. The monoisotopic (exact) mass is 403 g/mol. The number of benzene rings is 1. The highest BCUT2D eigenvalue weighted by Crippen LogP contribution is 2.32. The fraction of sp³-hybridized carbons (Fsp3) is 0.389. The molecule has 0 aliphatic carbocycles. The van der Waals surface area contributed by atoms with Crippen LogP contribution in [-0.4, -0.2) is 71.5 Å².